The first kappa shape index (κ1) is 12.7. The van der Waals surface area contributed by atoms with Crippen LogP contribution in [0.25, 0.3) is 0 Å². The Bertz CT molecular complexity index is 356. The number of hydrogen-bond donors (Lipinski definition) is 2. The molecule has 0 atom stereocenters. The van der Waals surface area contributed by atoms with E-state index >= 15 is 0 Å². The maximum Gasteiger partial charge on any atom is 0.268 e. The molecule has 0 amide bonds. The highest BCUT2D eigenvalue weighted by atomic mass is 32.2. The van der Waals surface area contributed by atoms with Gasteiger partial charge in [0.1, 0.15) is 5.75 Å². The standard InChI is InChI=1S/C6H6O.C3H6O3S/c7-6-4-2-1-3-5-6;1-2-3-7(4,5)6/h1-5,7H;2H,1,3H2,(H,4,5,6). The molecule has 0 aliphatic rings. The van der Waals surface area contributed by atoms with Crippen molar-refractivity contribution < 1.29 is 18.1 Å². The van der Waals surface area contributed by atoms with Crippen molar-refractivity contribution in [1.82, 2.24) is 0 Å². The molecular formula is C9H12O4S. The van der Waals surface area contributed by atoms with E-state index in [0.29, 0.717) is 5.75 Å². The normalized spacial score (nSPS) is 9.79. The maximum atomic E-state index is 9.72. The van der Waals surface area contributed by atoms with E-state index < -0.39 is 10.1 Å². The lowest BCUT2D eigenvalue weighted by molar-refractivity contribution is 0.475. The summed E-state index contributed by atoms with van der Waals surface area (Å²) in [6.07, 6.45) is 1.12. The van der Waals surface area contributed by atoms with Gasteiger partial charge in [-0.2, -0.15) is 8.42 Å². The molecule has 0 fully saturated rings. The van der Waals surface area contributed by atoms with Gasteiger partial charge in [0, 0.05) is 0 Å². The zero-order chi connectivity index (χ0) is 11.0. The predicted molar refractivity (Wildman–Crippen MR) is 54.7 cm³/mol. The van der Waals surface area contributed by atoms with E-state index in [-0.39, 0.29) is 5.75 Å². The summed E-state index contributed by atoms with van der Waals surface area (Å²) in [5, 5.41) is 8.63. The zero-order valence-electron chi connectivity index (χ0n) is 7.50. The van der Waals surface area contributed by atoms with Gasteiger partial charge in [0.25, 0.3) is 10.1 Å². The topological polar surface area (TPSA) is 74.6 Å². The van der Waals surface area contributed by atoms with Crippen LogP contribution in [0.2, 0.25) is 0 Å². The molecule has 0 heterocycles. The second-order valence-electron chi connectivity index (χ2n) is 2.37. The van der Waals surface area contributed by atoms with E-state index in [1.807, 2.05) is 6.07 Å². The number of phenols is 1. The van der Waals surface area contributed by atoms with Gasteiger partial charge in [-0.1, -0.05) is 24.3 Å². The zero-order valence-corrected chi connectivity index (χ0v) is 8.31. The molecular weight excluding hydrogens is 204 g/mol. The number of phenolic OH excluding ortho intramolecular Hbond substituents is 1. The Kier molecular flexibility index (Phi) is 5.59. The molecule has 4 nitrogen and oxygen atoms in total. The van der Waals surface area contributed by atoms with Gasteiger partial charge in [-0.25, -0.2) is 0 Å². The van der Waals surface area contributed by atoms with Crippen molar-refractivity contribution in [3.05, 3.63) is 43.0 Å². The van der Waals surface area contributed by atoms with Crippen LogP contribution in [0.1, 0.15) is 0 Å². The Morgan fingerprint density at radius 3 is 1.93 bits per heavy atom. The molecule has 1 aromatic carbocycles. The summed E-state index contributed by atoms with van der Waals surface area (Å²) in [5.41, 5.74) is 0. The number of para-hydroxylation sites is 1. The molecule has 1 rings (SSSR count). The van der Waals surface area contributed by atoms with E-state index in [9.17, 15) is 8.42 Å². The van der Waals surface area contributed by atoms with Crippen LogP contribution in [0.15, 0.2) is 43.0 Å². The minimum atomic E-state index is -3.79. The van der Waals surface area contributed by atoms with Crippen molar-refractivity contribution in [2.24, 2.45) is 0 Å². The molecule has 0 saturated carbocycles. The second kappa shape index (κ2) is 6.17. The number of benzene rings is 1. The Hall–Kier alpha value is -1.33. The van der Waals surface area contributed by atoms with Crippen LogP contribution < -0.4 is 0 Å². The first-order valence-electron chi connectivity index (χ1n) is 3.76. The van der Waals surface area contributed by atoms with Crippen molar-refractivity contribution in [1.29, 1.82) is 0 Å². The predicted octanol–water partition coefficient (Wildman–Crippen LogP) is 1.45. The smallest absolute Gasteiger partial charge is 0.268 e. The van der Waals surface area contributed by atoms with Crippen LogP contribution in [-0.4, -0.2) is 23.8 Å². The molecule has 0 aromatic heterocycles. The van der Waals surface area contributed by atoms with Gasteiger partial charge in [0.15, 0.2) is 0 Å². The minimum Gasteiger partial charge on any atom is -0.508 e. The largest absolute Gasteiger partial charge is 0.508 e. The van der Waals surface area contributed by atoms with Crippen molar-refractivity contribution in [2.45, 2.75) is 0 Å². The summed E-state index contributed by atoms with van der Waals surface area (Å²) < 4.78 is 27.3. The molecule has 0 bridgehead atoms. The van der Waals surface area contributed by atoms with Gasteiger partial charge in [0.2, 0.25) is 0 Å². The molecule has 0 spiro atoms. The lowest BCUT2D eigenvalue weighted by Gasteiger charge is -1.82. The van der Waals surface area contributed by atoms with Gasteiger partial charge < -0.3 is 5.11 Å². The van der Waals surface area contributed by atoms with Crippen molar-refractivity contribution in [3.63, 3.8) is 0 Å². The Morgan fingerprint density at radius 2 is 1.79 bits per heavy atom. The molecule has 0 radical (unpaired) electrons. The Balaban J connectivity index is 0.000000241. The van der Waals surface area contributed by atoms with E-state index in [1.54, 1.807) is 24.3 Å². The van der Waals surface area contributed by atoms with Crippen LogP contribution >= 0.6 is 0 Å². The van der Waals surface area contributed by atoms with Gasteiger partial charge in [-0.3, -0.25) is 4.55 Å². The highest BCUT2D eigenvalue weighted by molar-refractivity contribution is 7.85. The Labute approximate surface area is 83.3 Å². The van der Waals surface area contributed by atoms with Crippen LogP contribution in [0.3, 0.4) is 0 Å². The fraction of sp³-hybridized carbons (Fsp3) is 0.111. The third-order valence-electron chi connectivity index (χ3n) is 1.08. The summed E-state index contributed by atoms with van der Waals surface area (Å²) in [7, 11) is -3.79. The lowest BCUT2D eigenvalue weighted by atomic mass is 10.3. The lowest BCUT2D eigenvalue weighted by Crippen LogP contribution is -1.99. The van der Waals surface area contributed by atoms with E-state index in [0.717, 1.165) is 6.08 Å². The van der Waals surface area contributed by atoms with Crippen molar-refractivity contribution >= 4 is 10.1 Å². The third-order valence-corrected chi connectivity index (χ3v) is 1.74. The van der Waals surface area contributed by atoms with Crippen LogP contribution in [0.4, 0.5) is 0 Å². The summed E-state index contributed by atoms with van der Waals surface area (Å²) >= 11 is 0. The van der Waals surface area contributed by atoms with Gasteiger partial charge in [-0.05, 0) is 12.1 Å². The maximum absolute atomic E-state index is 9.72. The van der Waals surface area contributed by atoms with Gasteiger partial charge in [0.05, 0.1) is 5.75 Å². The number of hydrogen-bond acceptors (Lipinski definition) is 3. The summed E-state index contributed by atoms with van der Waals surface area (Å²) in [4.78, 5) is 0. The fourth-order valence-corrected chi connectivity index (χ4v) is 0.875. The second-order valence-corrected chi connectivity index (χ2v) is 3.87. The van der Waals surface area contributed by atoms with Crippen LogP contribution in [0.5, 0.6) is 5.75 Å². The molecule has 0 saturated heterocycles. The molecule has 1 aromatic rings. The van der Waals surface area contributed by atoms with Gasteiger partial charge >= 0.3 is 0 Å². The van der Waals surface area contributed by atoms with E-state index in [2.05, 4.69) is 6.58 Å². The summed E-state index contributed by atoms with van der Waals surface area (Å²) in [5.74, 6) is -0.0463. The number of aromatic hydroxyl groups is 1. The Morgan fingerprint density at radius 1 is 1.29 bits per heavy atom. The SMILES string of the molecule is C=CCS(=O)(=O)O.Oc1ccccc1. The van der Waals surface area contributed by atoms with Crippen LogP contribution in [-0.2, 0) is 10.1 Å². The molecule has 0 aliphatic heterocycles. The monoisotopic (exact) mass is 216 g/mol. The summed E-state index contributed by atoms with van der Waals surface area (Å²) in [6, 6.07) is 8.71. The number of rotatable bonds is 2. The highest BCUT2D eigenvalue weighted by Gasteiger charge is 1.95. The van der Waals surface area contributed by atoms with Gasteiger partial charge in [-0.15, -0.1) is 6.58 Å². The average molecular weight is 216 g/mol. The molecule has 5 heteroatoms. The van der Waals surface area contributed by atoms with Crippen molar-refractivity contribution in [3.8, 4) is 5.75 Å². The molecule has 78 valence electrons. The minimum absolute atomic E-state index is 0.322. The molecule has 14 heavy (non-hydrogen) atoms. The third kappa shape index (κ3) is 8.76. The molecule has 2 N–H and O–H groups in total. The van der Waals surface area contributed by atoms with Crippen LogP contribution in [0, 0.1) is 0 Å². The average Bonchev–Trinajstić information content (AvgIpc) is 2.04. The van der Waals surface area contributed by atoms with E-state index in [1.165, 1.54) is 0 Å². The highest BCUT2D eigenvalue weighted by Crippen LogP contribution is 2.02. The quantitative estimate of drug-likeness (QED) is 0.579. The molecule has 0 unspecified atom stereocenters. The molecule has 0 aliphatic carbocycles. The first-order chi connectivity index (χ1) is 6.45. The van der Waals surface area contributed by atoms with Crippen molar-refractivity contribution in [2.75, 3.05) is 5.75 Å². The fourth-order valence-electron chi connectivity index (χ4n) is 0.577. The first-order valence-corrected chi connectivity index (χ1v) is 5.36. The van der Waals surface area contributed by atoms with E-state index in [4.69, 9.17) is 9.66 Å². The summed E-state index contributed by atoms with van der Waals surface area (Å²) in [6.45, 7) is 3.11.